The fourth-order valence-electron chi connectivity index (χ4n) is 11.6. The van der Waals surface area contributed by atoms with Crippen LogP contribution in [0, 0.1) is 75.9 Å². The lowest BCUT2D eigenvalue weighted by atomic mass is 9.41. The van der Waals surface area contributed by atoms with Crippen LogP contribution in [0.3, 0.4) is 0 Å². The van der Waals surface area contributed by atoms with E-state index in [0.717, 1.165) is 65.1 Å². The Bertz CT molecular complexity index is 690. The highest BCUT2D eigenvalue weighted by Gasteiger charge is 2.62. The average Bonchev–Trinajstić information content (AvgIpc) is 3.44. The van der Waals surface area contributed by atoms with E-state index in [4.69, 9.17) is 0 Å². The Hall–Kier alpha value is 0. The fourth-order valence-corrected chi connectivity index (χ4v) is 11.6. The molecule has 11 atom stereocenters. The quantitative estimate of drug-likeness (QED) is 0.221. The van der Waals surface area contributed by atoms with E-state index in [-0.39, 0.29) is 0 Å². The summed E-state index contributed by atoms with van der Waals surface area (Å²) in [5.74, 6) is 10.7. The van der Waals surface area contributed by atoms with Crippen LogP contribution in [0.25, 0.3) is 0 Å². The van der Waals surface area contributed by atoms with Gasteiger partial charge in [-0.15, -0.1) is 0 Å². The third-order valence-corrected chi connectivity index (χ3v) is 13.6. The summed E-state index contributed by atoms with van der Waals surface area (Å²) in [5.41, 5.74) is 1.29. The standard InChI is InChI=1S/C36H66.5C2H6/c1-10-12-27-17-19-35(8)30(22-27)23-28(11-2)34-32-16-15-31(36(32,9)20-18-33(34)35)26(7)13-14-29(25(5)6)21-24(3)4;5*1-2/h24-34H,10-23H2,1-9H3;5*1-2H3. The van der Waals surface area contributed by atoms with Gasteiger partial charge in [0.1, 0.15) is 0 Å². The van der Waals surface area contributed by atoms with Crippen LogP contribution in [0.5, 0.6) is 0 Å². The largest absolute Gasteiger partial charge is 0.0683 e. The third kappa shape index (κ3) is 11.8. The molecule has 0 radical (unpaired) electrons. The molecule has 0 bridgehead atoms. The maximum Gasteiger partial charge on any atom is -0.0264 e. The van der Waals surface area contributed by atoms with Crippen molar-refractivity contribution in [1.29, 1.82) is 0 Å². The van der Waals surface area contributed by atoms with Gasteiger partial charge in [-0.05, 0) is 140 Å². The van der Waals surface area contributed by atoms with Crippen molar-refractivity contribution in [2.75, 3.05) is 0 Å². The number of fused-ring (bicyclic) bond motifs is 5. The summed E-state index contributed by atoms with van der Waals surface area (Å²) in [5, 5.41) is 0. The van der Waals surface area contributed by atoms with Gasteiger partial charge in [-0.3, -0.25) is 0 Å². The van der Waals surface area contributed by atoms with Gasteiger partial charge in [0, 0.05) is 0 Å². The summed E-state index contributed by atoms with van der Waals surface area (Å²) in [6.45, 7) is 43.0. The van der Waals surface area contributed by atoms with Crippen LogP contribution in [0.2, 0.25) is 0 Å². The molecule has 0 amide bonds. The van der Waals surface area contributed by atoms with Crippen molar-refractivity contribution >= 4 is 0 Å². The van der Waals surface area contributed by atoms with Gasteiger partial charge in [-0.2, -0.15) is 0 Å². The predicted molar refractivity (Wildman–Crippen MR) is 216 cm³/mol. The Morgan fingerprint density at radius 2 is 1.17 bits per heavy atom. The van der Waals surface area contributed by atoms with Crippen LogP contribution in [-0.4, -0.2) is 0 Å². The van der Waals surface area contributed by atoms with Gasteiger partial charge in [0.15, 0.2) is 0 Å². The highest BCUT2D eigenvalue weighted by molar-refractivity contribution is 5.11. The summed E-state index contributed by atoms with van der Waals surface area (Å²) >= 11 is 0. The molecule has 0 spiro atoms. The van der Waals surface area contributed by atoms with Gasteiger partial charge in [0.05, 0.1) is 0 Å². The van der Waals surface area contributed by atoms with Crippen molar-refractivity contribution in [1.82, 2.24) is 0 Å². The van der Waals surface area contributed by atoms with Crippen LogP contribution in [0.15, 0.2) is 0 Å². The Balaban J connectivity index is 0. The maximum atomic E-state index is 2.80. The molecule has 0 heterocycles. The van der Waals surface area contributed by atoms with E-state index in [2.05, 4.69) is 62.3 Å². The summed E-state index contributed by atoms with van der Waals surface area (Å²) < 4.78 is 0. The van der Waals surface area contributed by atoms with Gasteiger partial charge in [0.25, 0.3) is 0 Å². The van der Waals surface area contributed by atoms with Crippen LogP contribution < -0.4 is 0 Å². The fraction of sp³-hybridized carbons (Fsp3) is 1.00. The third-order valence-electron chi connectivity index (χ3n) is 13.6. The number of hydrogen-bond acceptors (Lipinski definition) is 0. The van der Waals surface area contributed by atoms with E-state index in [1.165, 1.54) is 51.4 Å². The number of hydrogen-bond donors (Lipinski definition) is 0. The molecule has 0 aromatic rings. The van der Waals surface area contributed by atoms with E-state index in [1.807, 2.05) is 69.2 Å². The van der Waals surface area contributed by atoms with Crippen LogP contribution >= 0.6 is 0 Å². The Kier molecular flexibility index (Phi) is 26.2. The van der Waals surface area contributed by atoms with Gasteiger partial charge in [0.2, 0.25) is 0 Å². The first-order valence-electron chi connectivity index (χ1n) is 22.0. The molecular formula is C46H96. The van der Waals surface area contributed by atoms with Crippen molar-refractivity contribution in [2.24, 2.45) is 75.9 Å². The van der Waals surface area contributed by atoms with Crippen molar-refractivity contribution < 1.29 is 0 Å². The highest BCUT2D eigenvalue weighted by atomic mass is 14.7. The average molecular weight is 649 g/mol. The highest BCUT2D eigenvalue weighted by Crippen LogP contribution is 2.70. The monoisotopic (exact) mass is 649 g/mol. The first kappa shape index (κ1) is 48.1. The van der Waals surface area contributed by atoms with Crippen molar-refractivity contribution in [3.63, 3.8) is 0 Å². The molecule has 0 nitrogen and oxygen atoms in total. The molecule has 0 N–H and O–H groups in total. The van der Waals surface area contributed by atoms with Crippen LogP contribution in [0.1, 0.15) is 221 Å². The molecule has 0 aliphatic heterocycles. The molecule has 4 fully saturated rings. The van der Waals surface area contributed by atoms with Crippen molar-refractivity contribution in [2.45, 2.75) is 221 Å². The maximum absolute atomic E-state index is 2.80. The molecule has 280 valence electrons. The molecule has 4 saturated carbocycles. The molecule has 46 heavy (non-hydrogen) atoms. The molecule has 11 unspecified atom stereocenters. The first-order valence-corrected chi connectivity index (χ1v) is 22.0. The molecular weight excluding hydrogens is 553 g/mol. The minimum Gasteiger partial charge on any atom is -0.0683 e. The number of rotatable bonds is 10. The van der Waals surface area contributed by atoms with Gasteiger partial charge in [-0.25, -0.2) is 0 Å². The second-order valence-electron chi connectivity index (χ2n) is 16.2. The lowest BCUT2D eigenvalue weighted by molar-refractivity contribution is -0.148. The van der Waals surface area contributed by atoms with Crippen molar-refractivity contribution in [3.8, 4) is 0 Å². The Labute approximate surface area is 296 Å². The Morgan fingerprint density at radius 3 is 1.67 bits per heavy atom. The molecule has 4 rings (SSSR count). The van der Waals surface area contributed by atoms with E-state index < -0.39 is 0 Å². The van der Waals surface area contributed by atoms with Gasteiger partial charge < -0.3 is 0 Å². The Morgan fingerprint density at radius 1 is 0.630 bits per heavy atom. The first-order chi connectivity index (χ1) is 22.0. The van der Waals surface area contributed by atoms with E-state index in [0.29, 0.717) is 10.8 Å². The smallest absolute Gasteiger partial charge is 0.0264 e. The summed E-state index contributed by atoms with van der Waals surface area (Å²) in [6.07, 6.45) is 21.1. The van der Waals surface area contributed by atoms with Crippen LogP contribution in [-0.2, 0) is 0 Å². The van der Waals surface area contributed by atoms with E-state index >= 15 is 0 Å². The molecule has 4 aliphatic carbocycles. The SMILES string of the molecule is CC.CC.CC.CC.CC.CCCC1CCC2(C)C(C1)CC(CC)C1C2CCC2(C)C(C(C)CCC(CC(C)C)C(C)C)CCC12. The second kappa shape index (κ2) is 25.0. The molecule has 0 heteroatoms. The van der Waals surface area contributed by atoms with Gasteiger partial charge in [-0.1, -0.05) is 157 Å². The zero-order valence-corrected chi connectivity index (χ0v) is 36.3. The predicted octanol–water partition coefficient (Wildman–Crippen LogP) is 16.6. The van der Waals surface area contributed by atoms with Crippen LogP contribution in [0.4, 0.5) is 0 Å². The lowest BCUT2D eigenvalue weighted by Gasteiger charge is -2.64. The molecule has 0 aromatic heterocycles. The molecule has 0 saturated heterocycles. The summed E-state index contributed by atoms with van der Waals surface area (Å²) in [6, 6.07) is 0. The van der Waals surface area contributed by atoms with Crippen molar-refractivity contribution in [3.05, 3.63) is 0 Å². The van der Waals surface area contributed by atoms with E-state index in [1.54, 1.807) is 38.5 Å². The lowest BCUT2D eigenvalue weighted by Crippen LogP contribution is -2.56. The molecule has 4 aliphatic rings. The minimum atomic E-state index is 0.627. The zero-order chi connectivity index (χ0) is 36.3. The second-order valence-corrected chi connectivity index (χ2v) is 16.2. The topological polar surface area (TPSA) is 0 Å². The minimum absolute atomic E-state index is 0.627. The van der Waals surface area contributed by atoms with E-state index in [9.17, 15) is 0 Å². The summed E-state index contributed by atoms with van der Waals surface area (Å²) in [4.78, 5) is 0. The normalized spacial score (nSPS) is 35.3. The van der Waals surface area contributed by atoms with Gasteiger partial charge >= 0.3 is 0 Å². The molecule has 0 aromatic carbocycles. The zero-order valence-electron chi connectivity index (χ0n) is 36.3. The summed E-state index contributed by atoms with van der Waals surface area (Å²) in [7, 11) is 0.